The molecule has 0 unspecified atom stereocenters. The van der Waals surface area contributed by atoms with Gasteiger partial charge < -0.3 is 5.11 Å². The third kappa shape index (κ3) is 1.99. The first-order valence-corrected chi connectivity index (χ1v) is 6.45. The number of rotatable bonds is 1. The summed E-state index contributed by atoms with van der Waals surface area (Å²) in [5.74, 6) is -0.116. The maximum atomic E-state index is 11.2. The van der Waals surface area contributed by atoms with Crippen molar-refractivity contribution in [3.8, 4) is 5.75 Å². The molecule has 0 saturated carbocycles. The second kappa shape index (κ2) is 3.72. The van der Waals surface area contributed by atoms with E-state index in [2.05, 4.69) is 0 Å². The van der Waals surface area contributed by atoms with Gasteiger partial charge in [0.05, 0.1) is 0 Å². The third-order valence-electron chi connectivity index (χ3n) is 2.75. The van der Waals surface area contributed by atoms with Crippen molar-refractivity contribution in [2.75, 3.05) is 0 Å². The van der Waals surface area contributed by atoms with Crippen LogP contribution in [0.15, 0.2) is 29.2 Å². The fraction of sp³-hybridized carbons (Fsp3) is 0.167. The highest BCUT2D eigenvalue weighted by Crippen LogP contribution is 2.33. The molecule has 0 heterocycles. The minimum absolute atomic E-state index is 0.116. The summed E-state index contributed by atoms with van der Waals surface area (Å²) in [6, 6.07) is 6.67. The summed E-state index contributed by atoms with van der Waals surface area (Å²) in [4.78, 5) is -0.256. The van der Waals surface area contributed by atoms with Gasteiger partial charge in [-0.25, -0.2) is 0 Å². The van der Waals surface area contributed by atoms with Gasteiger partial charge in [0.2, 0.25) is 0 Å². The van der Waals surface area contributed by atoms with E-state index in [1.807, 2.05) is 13.0 Å². The molecule has 0 bridgehead atoms. The summed E-state index contributed by atoms with van der Waals surface area (Å²) >= 11 is 0. The molecule has 0 fully saturated rings. The van der Waals surface area contributed by atoms with Gasteiger partial charge in [-0.3, -0.25) is 4.55 Å². The molecule has 0 atom stereocenters. The molecule has 2 aromatic rings. The highest BCUT2D eigenvalue weighted by molar-refractivity contribution is 7.85. The maximum absolute atomic E-state index is 11.2. The van der Waals surface area contributed by atoms with Crippen LogP contribution in [0, 0.1) is 13.8 Å². The summed E-state index contributed by atoms with van der Waals surface area (Å²) in [5, 5.41) is 11.1. The molecule has 2 N–H and O–H groups in total. The smallest absolute Gasteiger partial charge is 0.294 e. The molecule has 4 nitrogen and oxygen atoms in total. The van der Waals surface area contributed by atoms with Crippen LogP contribution in [0.1, 0.15) is 11.1 Å². The summed E-state index contributed by atoms with van der Waals surface area (Å²) in [7, 11) is -4.32. The number of fused-ring (bicyclic) bond motifs is 1. The number of benzene rings is 2. The van der Waals surface area contributed by atoms with Gasteiger partial charge in [0, 0.05) is 10.9 Å². The Morgan fingerprint density at radius 1 is 1.12 bits per heavy atom. The SMILES string of the molecule is Cc1ccc2c(O)c(C)c(S(=O)(=O)O)cc2c1. The lowest BCUT2D eigenvalue weighted by molar-refractivity contribution is 0.466. The minimum atomic E-state index is -4.32. The Bertz CT molecular complexity index is 702. The van der Waals surface area contributed by atoms with E-state index in [4.69, 9.17) is 4.55 Å². The highest BCUT2D eigenvalue weighted by atomic mass is 32.2. The number of aromatic hydroxyl groups is 1. The van der Waals surface area contributed by atoms with Gasteiger partial charge in [-0.1, -0.05) is 23.8 Å². The van der Waals surface area contributed by atoms with Gasteiger partial charge in [0.1, 0.15) is 10.6 Å². The van der Waals surface area contributed by atoms with Crippen molar-refractivity contribution in [1.82, 2.24) is 0 Å². The number of phenolic OH excluding ortho intramolecular Hbond substituents is 1. The van der Waals surface area contributed by atoms with Gasteiger partial charge in [-0.15, -0.1) is 0 Å². The van der Waals surface area contributed by atoms with E-state index in [1.54, 1.807) is 12.1 Å². The number of aryl methyl sites for hydroxylation is 1. The van der Waals surface area contributed by atoms with Crippen molar-refractivity contribution >= 4 is 20.9 Å². The molecule has 0 aliphatic carbocycles. The normalized spacial score (nSPS) is 11.9. The second-order valence-corrected chi connectivity index (χ2v) is 5.44. The molecule has 2 aromatic carbocycles. The van der Waals surface area contributed by atoms with Gasteiger partial charge in [0.25, 0.3) is 10.1 Å². The zero-order valence-corrected chi connectivity index (χ0v) is 10.2. The molecule has 17 heavy (non-hydrogen) atoms. The first-order chi connectivity index (χ1) is 7.80. The van der Waals surface area contributed by atoms with Crippen molar-refractivity contribution in [1.29, 1.82) is 0 Å². The fourth-order valence-electron chi connectivity index (χ4n) is 1.85. The molecule has 0 radical (unpaired) electrons. The van der Waals surface area contributed by atoms with Crippen LogP contribution in [0.5, 0.6) is 5.75 Å². The number of hydrogen-bond acceptors (Lipinski definition) is 3. The zero-order chi connectivity index (χ0) is 12.8. The Kier molecular flexibility index (Phi) is 2.60. The summed E-state index contributed by atoms with van der Waals surface area (Å²) < 4.78 is 31.4. The van der Waals surface area contributed by atoms with Crippen molar-refractivity contribution in [2.45, 2.75) is 18.7 Å². The van der Waals surface area contributed by atoms with Crippen molar-refractivity contribution in [2.24, 2.45) is 0 Å². The minimum Gasteiger partial charge on any atom is -0.507 e. The molecule has 90 valence electrons. The Labute approximate surface area is 99.3 Å². The Morgan fingerprint density at radius 3 is 2.35 bits per heavy atom. The average molecular weight is 252 g/mol. The van der Waals surface area contributed by atoms with Crippen LogP contribution in [0.2, 0.25) is 0 Å². The molecule has 0 aromatic heterocycles. The van der Waals surface area contributed by atoms with Gasteiger partial charge >= 0.3 is 0 Å². The van der Waals surface area contributed by atoms with E-state index in [1.165, 1.54) is 13.0 Å². The lowest BCUT2D eigenvalue weighted by atomic mass is 10.0. The van der Waals surface area contributed by atoms with Crippen LogP contribution < -0.4 is 0 Å². The standard InChI is InChI=1S/C12H12O4S/c1-7-3-4-10-9(5-7)6-11(17(14,15)16)8(2)12(10)13/h3-6,13H,1-2H3,(H,14,15,16). The lowest BCUT2D eigenvalue weighted by Gasteiger charge is -2.09. The van der Waals surface area contributed by atoms with Crippen molar-refractivity contribution < 1.29 is 18.1 Å². The predicted octanol–water partition coefficient (Wildman–Crippen LogP) is 2.41. The Balaban J connectivity index is 2.95. The molecule has 0 aliphatic heterocycles. The van der Waals surface area contributed by atoms with E-state index in [0.717, 1.165) is 5.56 Å². The molecule has 0 spiro atoms. The van der Waals surface area contributed by atoms with Crippen LogP contribution in [0.3, 0.4) is 0 Å². The Morgan fingerprint density at radius 2 is 1.76 bits per heavy atom. The van der Waals surface area contributed by atoms with Crippen LogP contribution in [-0.2, 0) is 10.1 Å². The molecule has 5 heteroatoms. The second-order valence-electron chi connectivity index (χ2n) is 4.05. The number of hydrogen-bond donors (Lipinski definition) is 2. The summed E-state index contributed by atoms with van der Waals surface area (Å²) in [6.07, 6.45) is 0. The number of phenols is 1. The largest absolute Gasteiger partial charge is 0.507 e. The van der Waals surface area contributed by atoms with Crippen LogP contribution in [0.25, 0.3) is 10.8 Å². The van der Waals surface area contributed by atoms with Crippen LogP contribution in [0.4, 0.5) is 0 Å². The molecular formula is C12H12O4S. The van der Waals surface area contributed by atoms with Crippen LogP contribution >= 0.6 is 0 Å². The molecule has 0 amide bonds. The van der Waals surface area contributed by atoms with E-state index in [9.17, 15) is 13.5 Å². The topological polar surface area (TPSA) is 74.6 Å². The van der Waals surface area contributed by atoms with Gasteiger partial charge in [0.15, 0.2) is 0 Å². The zero-order valence-electron chi connectivity index (χ0n) is 9.43. The molecule has 0 aliphatic rings. The fourth-order valence-corrected chi connectivity index (χ4v) is 2.61. The quantitative estimate of drug-likeness (QED) is 0.764. The molecular weight excluding hydrogens is 240 g/mol. The van der Waals surface area contributed by atoms with Crippen molar-refractivity contribution in [3.05, 3.63) is 35.4 Å². The van der Waals surface area contributed by atoms with E-state index < -0.39 is 10.1 Å². The Hall–Kier alpha value is -1.59. The first kappa shape index (κ1) is 11.9. The van der Waals surface area contributed by atoms with Crippen molar-refractivity contribution in [3.63, 3.8) is 0 Å². The summed E-state index contributed by atoms with van der Waals surface area (Å²) in [6.45, 7) is 3.32. The van der Waals surface area contributed by atoms with Crippen LogP contribution in [-0.4, -0.2) is 18.1 Å². The third-order valence-corrected chi connectivity index (χ3v) is 3.73. The monoisotopic (exact) mass is 252 g/mol. The molecule has 0 saturated heterocycles. The summed E-state index contributed by atoms with van der Waals surface area (Å²) in [5.41, 5.74) is 1.10. The van der Waals surface area contributed by atoms with E-state index in [-0.39, 0.29) is 16.2 Å². The lowest BCUT2D eigenvalue weighted by Crippen LogP contribution is -2.01. The van der Waals surface area contributed by atoms with E-state index >= 15 is 0 Å². The predicted molar refractivity (Wildman–Crippen MR) is 64.9 cm³/mol. The first-order valence-electron chi connectivity index (χ1n) is 5.01. The average Bonchev–Trinajstić information content (AvgIpc) is 2.21. The van der Waals surface area contributed by atoms with E-state index in [0.29, 0.717) is 10.8 Å². The highest BCUT2D eigenvalue weighted by Gasteiger charge is 2.18. The van der Waals surface area contributed by atoms with Gasteiger partial charge in [-0.2, -0.15) is 8.42 Å². The van der Waals surface area contributed by atoms with Gasteiger partial charge in [-0.05, 0) is 25.3 Å². The maximum Gasteiger partial charge on any atom is 0.294 e. The molecule has 2 rings (SSSR count).